The highest BCUT2D eigenvalue weighted by Gasteiger charge is 2.34. The van der Waals surface area contributed by atoms with Gasteiger partial charge in [0, 0.05) is 25.2 Å². The van der Waals surface area contributed by atoms with E-state index in [1.807, 2.05) is 6.92 Å². The first-order chi connectivity index (χ1) is 11.6. The summed E-state index contributed by atoms with van der Waals surface area (Å²) in [6, 6.07) is 0.934. The van der Waals surface area contributed by atoms with Crippen LogP contribution in [0.25, 0.3) is 0 Å². The number of aromatic nitrogens is 3. The minimum Gasteiger partial charge on any atom is -0.352 e. The van der Waals surface area contributed by atoms with Gasteiger partial charge in [-0.1, -0.05) is 18.7 Å². The van der Waals surface area contributed by atoms with E-state index in [1.165, 1.54) is 25.7 Å². The lowest BCUT2D eigenvalue weighted by Crippen LogP contribution is -2.35. The van der Waals surface area contributed by atoms with Crippen LogP contribution >= 0.6 is 11.8 Å². The van der Waals surface area contributed by atoms with E-state index in [2.05, 4.69) is 31.9 Å². The molecule has 1 unspecified atom stereocenters. The van der Waals surface area contributed by atoms with E-state index in [4.69, 9.17) is 0 Å². The Hall–Kier alpha value is -1.24. The summed E-state index contributed by atoms with van der Waals surface area (Å²) in [6.07, 6.45) is 7.09. The summed E-state index contributed by atoms with van der Waals surface area (Å²) >= 11 is 1.55. The maximum Gasteiger partial charge on any atom is 0.233 e. The number of hydrogen-bond donors (Lipinski definition) is 1. The molecule has 0 bridgehead atoms. The fourth-order valence-corrected chi connectivity index (χ4v) is 4.11. The zero-order chi connectivity index (χ0) is 16.7. The molecule has 2 heterocycles. The normalized spacial score (nSPS) is 23.3. The van der Waals surface area contributed by atoms with Gasteiger partial charge in [0.05, 0.1) is 5.25 Å². The van der Waals surface area contributed by atoms with E-state index in [-0.39, 0.29) is 11.2 Å². The smallest absolute Gasteiger partial charge is 0.233 e. The van der Waals surface area contributed by atoms with Crippen LogP contribution in [0, 0.1) is 5.92 Å². The van der Waals surface area contributed by atoms with Crippen LogP contribution in [-0.2, 0) is 4.79 Å². The van der Waals surface area contributed by atoms with E-state index in [1.54, 1.807) is 11.8 Å². The number of thioether (sulfide) groups is 1. The highest BCUT2D eigenvalue weighted by atomic mass is 32.2. The van der Waals surface area contributed by atoms with Crippen molar-refractivity contribution in [2.45, 2.75) is 74.9 Å². The van der Waals surface area contributed by atoms with Crippen LogP contribution in [0.1, 0.15) is 58.4 Å². The highest BCUT2D eigenvalue weighted by molar-refractivity contribution is 8.00. The number of amides is 1. The molecule has 1 aromatic rings. The summed E-state index contributed by atoms with van der Waals surface area (Å²) in [5.41, 5.74) is 0. The molecule has 1 aromatic heterocycles. The van der Waals surface area contributed by atoms with Gasteiger partial charge in [-0.15, -0.1) is 10.2 Å². The Morgan fingerprint density at radius 3 is 2.50 bits per heavy atom. The van der Waals surface area contributed by atoms with Gasteiger partial charge in [0.15, 0.2) is 5.16 Å². The summed E-state index contributed by atoms with van der Waals surface area (Å²) in [7, 11) is 0. The second kappa shape index (κ2) is 6.58. The number of piperidine rings is 1. The lowest BCUT2D eigenvalue weighted by atomic mass is 10.00. The lowest BCUT2D eigenvalue weighted by Gasteiger charge is -2.31. The average molecular weight is 350 g/mol. The van der Waals surface area contributed by atoms with Crippen LogP contribution in [0.3, 0.4) is 0 Å². The van der Waals surface area contributed by atoms with E-state index in [0.717, 1.165) is 43.0 Å². The fraction of sp³-hybridized carbons (Fsp3) is 0.824. The van der Waals surface area contributed by atoms with E-state index in [0.29, 0.717) is 12.1 Å². The van der Waals surface area contributed by atoms with Crippen molar-refractivity contribution < 1.29 is 4.79 Å². The summed E-state index contributed by atoms with van der Waals surface area (Å²) in [5, 5.41) is 12.8. The molecule has 6 nitrogen and oxygen atoms in total. The molecule has 0 radical (unpaired) electrons. The molecule has 3 fully saturated rings. The first-order valence-electron chi connectivity index (χ1n) is 9.28. The number of carbonyl (C=O) groups excluding carboxylic acids is 1. The molecule has 2 aliphatic carbocycles. The van der Waals surface area contributed by atoms with Gasteiger partial charge >= 0.3 is 0 Å². The third-order valence-corrected chi connectivity index (χ3v) is 6.26. The number of hydrogen-bond acceptors (Lipinski definition) is 5. The summed E-state index contributed by atoms with van der Waals surface area (Å²) in [5.74, 6) is 1.95. The van der Waals surface area contributed by atoms with Crippen LogP contribution in [0.15, 0.2) is 5.16 Å². The minimum absolute atomic E-state index is 0.124. The van der Waals surface area contributed by atoms with Crippen molar-refractivity contribution in [3.63, 3.8) is 0 Å². The van der Waals surface area contributed by atoms with E-state index in [9.17, 15) is 4.79 Å². The molecule has 0 spiro atoms. The first kappa shape index (κ1) is 16.2. The Balaban J connectivity index is 1.47. The van der Waals surface area contributed by atoms with Crippen LogP contribution in [-0.4, -0.2) is 45.1 Å². The van der Waals surface area contributed by atoms with Gasteiger partial charge in [-0.2, -0.15) is 0 Å². The second-order valence-corrected chi connectivity index (χ2v) is 8.90. The Kier molecular flexibility index (Phi) is 4.45. The van der Waals surface area contributed by atoms with Crippen LogP contribution in [0.2, 0.25) is 0 Å². The topological polar surface area (TPSA) is 63.1 Å². The standard InChI is InChI=1S/C17H27N5OS/c1-11-7-9-21(10-8-11)16-19-20-17(22(16)14-5-6-14)24-12(2)15(23)18-13-3-4-13/h11-14H,3-10H2,1-2H3,(H,18,23). The van der Waals surface area contributed by atoms with E-state index >= 15 is 0 Å². The van der Waals surface area contributed by atoms with Crippen LogP contribution in [0.5, 0.6) is 0 Å². The summed E-state index contributed by atoms with van der Waals surface area (Å²) in [4.78, 5) is 14.6. The number of rotatable bonds is 6. The van der Waals surface area contributed by atoms with Gasteiger partial charge in [-0.05, 0) is 51.4 Å². The molecule has 1 atom stereocenters. The van der Waals surface area contributed by atoms with Crippen molar-refractivity contribution in [3.05, 3.63) is 0 Å². The van der Waals surface area contributed by atoms with Crippen LogP contribution < -0.4 is 10.2 Å². The Labute approximate surface area is 147 Å². The molecule has 1 amide bonds. The summed E-state index contributed by atoms with van der Waals surface area (Å²) < 4.78 is 2.29. The minimum atomic E-state index is -0.124. The second-order valence-electron chi connectivity index (χ2n) is 7.60. The predicted octanol–water partition coefficient (Wildman–Crippen LogP) is 2.61. The van der Waals surface area contributed by atoms with Gasteiger partial charge in [0.25, 0.3) is 0 Å². The van der Waals surface area contributed by atoms with Gasteiger partial charge in [-0.3, -0.25) is 9.36 Å². The van der Waals surface area contributed by atoms with Gasteiger partial charge < -0.3 is 10.2 Å². The van der Waals surface area contributed by atoms with Gasteiger partial charge in [0.1, 0.15) is 0 Å². The molecule has 3 aliphatic rings. The van der Waals surface area contributed by atoms with Crippen molar-refractivity contribution >= 4 is 23.6 Å². The van der Waals surface area contributed by atoms with Crippen molar-refractivity contribution in [2.24, 2.45) is 5.92 Å². The fourth-order valence-electron chi connectivity index (χ4n) is 3.18. The molecule has 24 heavy (non-hydrogen) atoms. The molecule has 0 aromatic carbocycles. The van der Waals surface area contributed by atoms with Crippen molar-refractivity contribution in [1.82, 2.24) is 20.1 Å². The molecular formula is C17H27N5OS. The molecule has 2 saturated carbocycles. The maximum absolute atomic E-state index is 12.2. The van der Waals surface area contributed by atoms with Crippen molar-refractivity contribution in [3.8, 4) is 0 Å². The van der Waals surface area contributed by atoms with Crippen molar-refractivity contribution in [1.29, 1.82) is 0 Å². The molecule has 1 saturated heterocycles. The predicted molar refractivity (Wildman–Crippen MR) is 95.4 cm³/mol. The number of carbonyl (C=O) groups is 1. The monoisotopic (exact) mass is 349 g/mol. The SMILES string of the molecule is CC1CCN(c2nnc(SC(C)C(=O)NC3CC3)n2C2CC2)CC1. The highest BCUT2D eigenvalue weighted by Crippen LogP contribution is 2.42. The first-order valence-corrected chi connectivity index (χ1v) is 10.2. The number of nitrogens with zero attached hydrogens (tertiary/aromatic N) is 4. The maximum atomic E-state index is 12.2. The van der Waals surface area contributed by atoms with E-state index < -0.39 is 0 Å². The Bertz CT molecular complexity index is 602. The molecule has 1 N–H and O–H groups in total. The largest absolute Gasteiger partial charge is 0.352 e. The average Bonchev–Trinajstić information content (AvgIpc) is 3.49. The quantitative estimate of drug-likeness (QED) is 0.800. The number of nitrogens with one attached hydrogen (secondary N) is 1. The Morgan fingerprint density at radius 2 is 1.88 bits per heavy atom. The molecule has 1 aliphatic heterocycles. The molecular weight excluding hydrogens is 322 g/mol. The Morgan fingerprint density at radius 1 is 1.17 bits per heavy atom. The molecule has 7 heteroatoms. The third-order valence-electron chi connectivity index (χ3n) is 5.20. The zero-order valence-electron chi connectivity index (χ0n) is 14.6. The van der Waals surface area contributed by atoms with Crippen molar-refractivity contribution in [2.75, 3.05) is 18.0 Å². The lowest BCUT2D eigenvalue weighted by molar-refractivity contribution is -0.120. The summed E-state index contributed by atoms with van der Waals surface area (Å²) in [6.45, 7) is 6.42. The number of anilines is 1. The molecule has 4 rings (SSSR count). The van der Waals surface area contributed by atoms with Crippen LogP contribution in [0.4, 0.5) is 5.95 Å². The third kappa shape index (κ3) is 3.55. The van der Waals surface area contributed by atoms with Gasteiger partial charge in [-0.25, -0.2) is 0 Å². The zero-order valence-corrected chi connectivity index (χ0v) is 15.4. The molecule has 132 valence electrons. The van der Waals surface area contributed by atoms with Gasteiger partial charge in [0.2, 0.25) is 11.9 Å².